The van der Waals surface area contributed by atoms with Gasteiger partial charge in [-0.3, -0.25) is 4.98 Å². The zero-order valence-electron chi connectivity index (χ0n) is 10.4. The summed E-state index contributed by atoms with van der Waals surface area (Å²) in [6.07, 6.45) is 1.47. The maximum Gasteiger partial charge on any atom is 0.128 e. The molecule has 96 valence electrons. The van der Waals surface area contributed by atoms with E-state index in [-0.39, 0.29) is 0 Å². The highest BCUT2D eigenvalue weighted by Gasteiger charge is 2.08. The maximum absolute atomic E-state index is 8.98. The lowest BCUT2D eigenvalue weighted by molar-refractivity contribution is 0.483. The fraction of sp³-hybridized carbons (Fsp3) is 0. The molecule has 3 nitrogen and oxygen atoms in total. The molecule has 0 bridgehead atoms. The van der Waals surface area contributed by atoms with Gasteiger partial charge in [-0.15, -0.1) is 0 Å². The van der Waals surface area contributed by atoms with E-state index in [1.165, 1.54) is 6.20 Å². The van der Waals surface area contributed by atoms with E-state index in [2.05, 4.69) is 4.98 Å². The molecule has 3 rings (SSSR count). The zero-order valence-corrected chi connectivity index (χ0v) is 11.1. The van der Waals surface area contributed by atoms with Gasteiger partial charge in [0.1, 0.15) is 17.6 Å². The first-order valence-corrected chi connectivity index (χ1v) is 6.37. The maximum atomic E-state index is 8.98. The number of halogens is 1. The van der Waals surface area contributed by atoms with Gasteiger partial charge in [-0.2, -0.15) is 5.26 Å². The third kappa shape index (κ3) is 2.29. The summed E-state index contributed by atoms with van der Waals surface area (Å²) in [5, 5.41) is 10.1. The minimum absolute atomic E-state index is 0.357. The summed E-state index contributed by atoms with van der Waals surface area (Å²) >= 11 is 6.20. The van der Waals surface area contributed by atoms with Crippen LogP contribution in [0.5, 0.6) is 11.5 Å². The standard InChI is InChI=1S/C16H9ClN2O/c17-16-11(9-18)10-19-15-7-6-13(8-14(15)16)20-12-4-2-1-3-5-12/h1-8,10H. The highest BCUT2D eigenvalue weighted by atomic mass is 35.5. The highest BCUT2D eigenvalue weighted by Crippen LogP contribution is 2.30. The third-order valence-electron chi connectivity index (χ3n) is 2.87. The molecule has 0 N–H and O–H groups in total. The minimum Gasteiger partial charge on any atom is -0.457 e. The van der Waals surface area contributed by atoms with Crippen LogP contribution in [0.25, 0.3) is 10.9 Å². The Morgan fingerprint density at radius 3 is 2.60 bits per heavy atom. The number of para-hydroxylation sites is 1. The fourth-order valence-electron chi connectivity index (χ4n) is 1.91. The number of nitriles is 1. The number of nitrogens with zero attached hydrogens (tertiary/aromatic N) is 2. The second-order valence-electron chi connectivity index (χ2n) is 4.19. The number of fused-ring (bicyclic) bond motifs is 1. The fourth-order valence-corrected chi connectivity index (χ4v) is 2.15. The summed E-state index contributed by atoms with van der Waals surface area (Å²) in [5.41, 5.74) is 1.09. The van der Waals surface area contributed by atoms with Crippen molar-refractivity contribution in [3.63, 3.8) is 0 Å². The number of hydrogen-bond acceptors (Lipinski definition) is 3. The lowest BCUT2D eigenvalue weighted by Crippen LogP contribution is -1.88. The van der Waals surface area contributed by atoms with Crippen LogP contribution >= 0.6 is 11.6 Å². The van der Waals surface area contributed by atoms with Crippen LogP contribution in [0.1, 0.15) is 5.56 Å². The van der Waals surface area contributed by atoms with Crippen molar-refractivity contribution in [2.45, 2.75) is 0 Å². The Kier molecular flexibility index (Phi) is 3.24. The van der Waals surface area contributed by atoms with Gasteiger partial charge in [0.25, 0.3) is 0 Å². The normalized spacial score (nSPS) is 10.2. The highest BCUT2D eigenvalue weighted by molar-refractivity contribution is 6.36. The first kappa shape index (κ1) is 12.5. The van der Waals surface area contributed by atoms with Crippen molar-refractivity contribution in [2.75, 3.05) is 0 Å². The number of aromatic nitrogens is 1. The molecular formula is C16H9ClN2O. The first-order chi connectivity index (χ1) is 9.78. The van der Waals surface area contributed by atoms with Crippen molar-refractivity contribution in [3.8, 4) is 17.6 Å². The van der Waals surface area contributed by atoms with Crippen molar-refractivity contribution in [2.24, 2.45) is 0 Å². The van der Waals surface area contributed by atoms with E-state index in [9.17, 15) is 0 Å². The molecule has 0 unspecified atom stereocenters. The Balaban J connectivity index is 2.06. The van der Waals surface area contributed by atoms with Gasteiger partial charge in [0.05, 0.1) is 16.1 Å². The van der Waals surface area contributed by atoms with Crippen molar-refractivity contribution >= 4 is 22.5 Å². The Morgan fingerprint density at radius 2 is 1.85 bits per heavy atom. The van der Waals surface area contributed by atoms with E-state index >= 15 is 0 Å². The molecule has 0 radical (unpaired) electrons. The van der Waals surface area contributed by atoms with Crippen molar-refractivity contribution in [3.05, 3.63) is 65.3 Å². The van der Waals surface area contributed by atoms with Crippen LogP contribution in [0.15, 0.2) is 54.7 Å². The van der Waals surface area contributed by atoms with Crippen LogP contribution in [-0.4, -0.2) is 4.98 Å². The van der Waals surface area contributed by atoms with Crippen LogP contribution < -0.4 is 4.74 Å². The molecule has 0 saturated heterocycles. The Bertz CT molecular complexity index is 810. The van der Waals surface area contributed by atoms with Crippen LogP contribution in [-0.2, 0) is 0 Å². The molecule has 0 aliphatic rings. The molecule has 4 heteroatoms. The number of hydrogen-bond donors (Lipinski definition) is 0. The van der Waals surface area contributed by atoms with E-state index in [0.29, 0.717) is 21.7 Å². The van der Waals surface area contributed by atoms with Gasteiger partial charge in [0, 0.05) is 11.6 Å². The zero-order chi connectivity index (χ0) is 13.9. The SMILES string of the molecule is N#Cc1cnc2ccc(Oc3ccccc3)cc2c1Cl. The number of pyridine rings is 1. The lowest BCUT2D eigenvalue weighted by Gasteiger charge is -2.07. The van der Waals surface area contributed by atoms with E-state index in [4.69, 9.17) is 21.6 Å². The summed E-state index contributed by atoms with van der Waals surface area (Å²) < 4.78 is 5.75. The third-order valence-corrected chi connectivity index (χ3v) is 3.28. The predicted molar refractivity (Wildman–Crippen MR) is 78.0 cm³/mol. The molecule has 0 saturated carbocycles. The van der Waals surface area contributed by atoms with Crippen molar-refractivity contribution in [1.29, 1.82) is 5.26 Å². The van der Waals surface area contributed by atoms with Crippen LogP contribution in [0.4, 0.5) is 0 Å². The molecule has 0 aliphatic heterocycles. The number of ether oxygens (including phenoxy) is 1. The molecule has 2 aromatic carbocycles. The van der Waals surface area contributed by atoms with Crippen molar-refractivity contribution in [1.82, 2.24) is 4.98 Å². The van der Waals surface area contributed by atoms with E-state index < -0.39 is 0 Å². The molecule has 0 spiro atoms. The average molecular weight is 281 g/mol. The number of rotatable bonds is 2. The topological polar surface area (TPSA) is 45.9 Å². The second kappa shape index (κ2) is 5.20. The molecule has 3 aromatic rings. The van der Waals surface area contributed by atoms with Crippen LogP contribution in [0, 0.1) is 11.3 Å². The lowest BCUT2D eigenvalue weighted by atomic mass is 10.1. The molecule has 20 heavy (non-hydrogen) atoms. The Hall–Kier alpha value is -2.57. The average Bonchev–Trinajstić information content (AvgIpc) is 2.49. The monoisotopic (exact) mass is 280 g/mol. The first-order valence-electron chi connectivity index (χ1n) is 5.99. The summed E-state index contributed by atoms with van der Waals surface area (Å²) in [5.74, 6) is 1.40. The van der Waals surface area contributed by atoms with E-state index in [0.717, 1.165) is 11.3 Å². The smallest absolute Gasteiger partial charge is 0.128 e. The molecular weight excluding hydrogens is 272 g/mol. The second-order valence-corrected chi connectivity index (χ2v) is 4.57. The Morgan fingerprint density at radius 1 is 1.05 bits per heavy atom. The van der Waals surface area contributed by atoms with Gasteiger partial charge in [-0.25, -0.2) is 0 Å². The molecule has 0 aliphatic carbocycles. The molecule has 0 amide bonds. The molecule has 1 aromatic heterocycles. The quantitative estimate of drug-likeness (QED) is 0.691. The molecule has 0 atom stereocenters. The summed E-state index contributed by atoms with van der Waals surface area (Å²) in [6, 6.07) is 16.9. The van der Waals surface area contributed by atoms with Crippen molar-refractivity contribution < 1.29 is 4.74 Å². The largest absolute Gasteiger partial charge is 0.457 e. The van der Waals surface area contributed by atoms with Gasteiger partial charge in [-0.1, -0.05) is 29.8 Å². The summed E-state index contributed by atoms with van der Waals surface area (Å²) in [7, 11) is 0. The van der Waals surface area contributed by atoms with Gasteiger partial charge in [0.15, 0.2) is 0 Å². The minimum atomic E-state index is 0.357. The van der Waals surface area contributed by atoms with E-state index in [1.807, 2.05) is 48.5 Å². The van der Waals surface area contributed by atoms with Crippen LogP contribution in [0.2, 0.25) is 5.02 Å². The number of benzene rings is 2. The summed E-state index contributed by atoms with van der Waals surface area (Å²) in [6.45, 7) is 0. The van der Waals surface area contributed by atoms with Gasteiger partial charge in [0.2, 0.25) is 0 Å². The molecule has 1 heterocycles. The summed E-state index contributed by atoms with van der Waals surface area (Å²) in [4.78, 5) is 4.20. The Labute approximate surface area is 121 Å². The molecule has 0 fully saturated rings. The van der Waals surface area contributed by atoms with Gasteiger partial charge >= 0.3 is 0 Å². The van der Waals surface area contributed by atoms with Gasteiger partial charge < -0.3 is 4.74 Å². The van der Waals surface area contributed by atoms with E-state index in [1.54, 1.807) is 6.07 Å². The van der Waals surface area contributed by atoms with Gasteiger partial charge in [-0.05, 0) is 30.3 Å². The van der Waals surface area contributed by atoms with Crippen LogP contribution in [0.3, 0.4) is 0 Å². The predicted octanol–water partition coefficient (Wildman–Crippen LogP) is 4.55.